The van der Waals surface area contributed by atoms with E-state index in [0.717, 1.165) is 16.9 Å². The predicted octanol–water partition coefficient (Wildman–Crippen LogP) is 6.36. The molecule has 0 saturated carbocycles. The van der Waals surface area contributed by atoms with E-state index >= 15 is 0 Å². The summed E-state index contributed by atoms with van der Waals surface area (Å²) >= 11 is 1.49. The van der Waals surface area contributed by atoms with Crippen LogP contribution in [0.15, 0.2) is 47.2 Å². The Labute approximate surface area is 173 Å². The molecule has 2 rings (SSSR count). The molecule has 1 N–H and O–H groups in total. The Bertz CT molecular complexity index is 802. The molecule has 0 aliphatic rings. The Morgan fingerprint density at radius 3 is 2.36 bits per heavy atom. The Morgan fingerprint density at radius 2 is 1.86 bits per heavy atom. The molecule has 0 fully saturated rings. The van der Waals surface area contributed by atoms with Crippen molar-refractivity contribution in [3.8, 4) is 0 Å². The zero-order valence-corrected chi connectivity index (χ0v) is 19.0. The molecule has 1 aromatic heterocycles. The first-order valence-corrected chi connectivity index (χ1v) is 10.5. The van der Waals surface area contributed by atoms with Gasteiger partial charge in [0.2, 0.25) is 5.91 Å². The fraction of sp³-hybridized carbons (Fsp3) is 0.435. The minimum atomic E-state index is -0.0248. The SMILES string of the molecule is CC/C(C)=C/N=C(C)C(C)C.Cc1ccc(CC(=O)Nc2ncc(C)s2)cc1. The molecule has 0 unspecified atom stereocenters. The number of hydrogen-bond donors (Lipinski definition) is 1. The number of aliphatic imine (C=N–C) groups is 1. The van der Waals surface area contributed by atoms with Crippen molar-refractivity contribution < 1.29 is 4.79 Å². The molecule has 1 amide bonds. The minimum absolute atomic E-state index is 0.0248. The van der Waals surface area contributed by atoms with Crippen LogP contribution in [0.3, 0.4) is 0 Å². The van der Waals surface area contributed by atoms with Crippen molar-refractivity contribution in [2.75, 3.05) is 5.32 Å². The fourth-order valence-corrected chi connectivity index (χ4v) is 2.60. The maximum Gasteiger partial charge on any atom is 0.230 e. The largest absolute Gasteiger partial charge is 0.302 e. The maximum absolute atomic E-state index is 11.7. The molecule has 0 bridgehead atoms. The van der Waals surface area contributed by atoms with Gasteiger partial charge in [-0.05, 0) is 45.6 Å². The Hall–Kier alpha value is -2.27. The molecule has 0 spiro atoms. The second-order valence-corrected chi connectivity index (χ2v) is 8.48. The van der Waals surface area contributed by atoms with Crippen LogP contribution in [0.2, 0.25) is 0 Å². The van der Waals surface area contributed by atoms with Crippen molar-refractivity contribution in [3.63, 3.8) is 0 Å². The summed E-state index contributed by atoms with van der Waals surface area (Å²) in [6.07, 6.45) is 5.20. The zero-order valence-electron chi connectivity index (χ0n) is 18.2. The summed E-state index contributed by atoms with van der Waals surface area (Å²) < 4.78 is 0. The number of amides is 1. The van der Waals surface area contributed by atoms with Crippen LogP contribution in [0.25, 0.3) is 0 Å². The van der Waals surface area contributed by atoms with Crippen LogP contribution in [0, 0.1) is 19.8 Å². The van der Waals surface area contributed by atoms with Gasteiger partial charge in [-0.15, -0.1) is 11.3 Å². The molecule has 0 saturated heterocycles. The highest BCUT2D eigenvalue weighted by Crippen LogP contribution is 2.16. The van der Waals surface area contributed by atoms with Crippen LogP contribution in [0.1, 0.15) is 57.0 Å². The molecule has 0 radical (unpaired) electrons. The van der Waals surface area contributed by atoms with Gasteiger partial charge < -0.3 is 5.32 Å². The number of carbonyl (C=O) groups is 1. The van der Waals surface area contributed by atoms with Crippen LogP contribution in [0.5, 0.6) is 0 Å². The van der Waals surface area contributed by atoms with Gasteiger partial charge in [0.15, 0.2) is 5.13 Å². The molecular weight excluding hydrogens is 366 g/mol. The number of hydrogen-bond acceptors (Lipinski definition) is 4. The summed E-state index contributed by atoms with van der Waals surface area (Å²) in [5.74, 6) is 0.541. The molecule has 5 heteroatoms. The average Bonchev–Trinajstić information content (AvgIpc) is 3.06. The lowest BCUT2D eigenvalue weighted by molar-refractivity contribution is -0.115. The predicted molar refractivity (Wildman–Crippen MR) is 122 cm³/mol. The zero-order chi connectivity index (χ0) is 21.1. The normalized spacial score (nSPS) is 11.9. The third-order valence-corrected chi connectivity index (χ3v) is 5.06. The van der Waals surface area contributed by atoms with Gasteiger partial charge in [-0.3, -0.25) is 9.79 Å². The van der Waals surface area contributed by atoms with E-state index < -0.39 is 0 Å². The van der Waals surface area contributed by atoms with E-state index in [9.17, 15) is 4.79 Å². The molecule has 0 atom stereocenters. The van der Waals surface area contributed by atoms with Crippen LogP contribution in [-0.2, 0) is 11.2 Å². The standard InChI is InChI=1S/C13H14N2OS.C10H19N/c1-9-3-5-11(6-4-9)7-12(16)15-13-14-8-10(2)17-13;1-6-9(4)7-11-10(5)8(2)3/h3-6,8H,7H2,1-2H3,(H,14,15,16);7-8H,6H2,1-5H3/b;9-7+,11-10?. The highest BCUT2D eigenvalue weighted by Gasteiger charge is 2.06. The summed E-state index contributed by atoms with van der Waals surface area (Å²) in [5.41, 5.74) is 4.76. The van der Waals surface area contributed by atoms with E-state index in [4.69, 9.17) is 0 Å². The summed E-state index contributed by atoms with van der Waals surface area (Å²) in [4.78, 5) is 21.3. The molecule has 28 heavy (non-hydrogen) atoms. The van der Waals surface area contributed by atoms with E-state index in [1.807, 2.05) is 44.3 Å². The molecule has 1 aromatic carbocycles. The number of nitrogens with zero attached hydrogens (tertiary/aromatic N) is 2. The van der Waals surface area contributed by atoms with Gasteiger partial charge in [-0.1, -0.05) is 56.2 Å². The highest BCUT2D eigenvalue weighted by atomic mass is 32.1. The van der Waals surface area contributed by atoms with Crippen molar-refractivity contribution in [2.45, 2.75) is 61.3 Å². The topological polar surface area (TPSA) is 54.4 Å². The number of benzene rings is 1. The lowest BCUT2D eigenvalue weighted by Crippen LogP contribution is -2.14. The van der Waals surface area contributed by atoms with E-state index in [0.29, 0.717) is 17.5 Å². The molecule has 0 aliphatic heterocycles. The van der Waals surface area contributed by atoms with Gasteiger partial charge in [0.25, 0.3) is 0 Å². The van der Waals surface area contributed by atoms with Gasteiger partial charge in [-0.25, -0.2) is 4.98 Å². The fourth-order valence-electron chi connectivity index (χ4n) is 1.92. The third kappa shape index (κ3) is 9.60. The number of carbonyl (C=O) groups excluding carboxylic acids is 1. The second-order valence-electron chi connectivity index (χ2n) is 7.24. The number of aryl methyl sites for hydroxylation is 2. The van der Waals surface area contributed by atoms with Crippen LogP contribution in [0.4, 0.5) is 5.13 Å². The number of rotatable bonds is 6. The molecular formula is C23H33N3OS. The third-order valence-electron chi connectivity index (χ3n) is 4.23. The lowest BCUT2D eigenvalue weighted by atomic mass is 10.1. The summed E-state index contributed by atoms with van der Waals surface area (Å²) in [7, 11) is 0. The number of allylic oxidation sites excluding steroid dienone is 1. The van der Waals surface area contributed by atoms with E-state index in [2.05, 4.69) is 49.9 Å². The van der Waals surface area contributed by atoms with E-state index in [1.165, 1.54) is 28.2 Å². The van der Waals surface area contributed by atoms with Crippen molar-refractivity contribution in [1.29, 1.82) is 0 Å². The van der Waals surface area contributed by atoms with Gasteiger partial charge in [0.1, 0.15) is 0 Å². The van der Waals surface area contributed by atoms with Crippen LogP contribution < -0.4 is 5.32 Å². The van der Waals surface area contributed by atoms with Gasteiger partial charge >= 0.3 is 0 Å². The monoisotopic (exact) mass is 399 g/mol. The van der Waals surface area contributed by atoms with E-state index in [1.54, 1.807) is 6.20 Å². The number of nitrogens with one attached hydrogen (secondary N) is 1. The quantitative estimate of drug-likeness (QED) is 0.575. The first-order valence-electron chi connectivity index (χ1n) is 9.69. The highest BCUT2D eigenvalue weighted by molar-refractivity contribution is 7.15. The van der Waals surface area contributed by atoms with Gasteiger partial charge in [0, 0.05) is 23.0 Å². The first kappa shape index (κ1) is 23.8. The number of aromatic nitrogens is 1. The van der Waals surface area contributed by atoms with Crippen LogP contribution in [-0.4, -0.2) is 16.6 Å². The van der Waals surface area contributed by atoms with Crippen molar-refractivity contribution >= 4 is 28.1 Å². The molecule has 2 aromatic rings. The number of thiazole rings is 1. The molecule has 1 heterocycles. The van der Waals surface area contributed by atoms with Crippen molar-refractivity contribution in [3.05, 3.63) is 58.2 Å². The van der Waals surface area contributed by atoms with Gasteiger partial charge in [-0.2, -0.15) is 0 Å². The second kappa shape index (κ2) is 12.2. The molecule has 4 nitrogen and oxygen atoms in total. The Morgan fingerprint density at radius 1 is 1.21 bits per heavy atom. The lowest BCUT2D eigenvalue weighted by Gasteiger charge is -2.02. The summed E-state index contributed by atoms with van der Waals surface area (Å²) in [5, 5.41) is 3.46. The average molecular weight is 400 g/mol. The Balaban J connectivity index is 0.000000311. The van der Waals surface area contributed by atoms with Crippen molar-refractivity contribution in [2.24, 2.45) is 10.9 Å². The van der Waals surface area contributed by atoms with E-state index in [-0.39, 0.29) is 5.91 Å². The first-order chi connectivity index (χ1) is 13.2. The molecule has 0 aliphatic carbocycles. The van der Waals surface area contributed by atoms with Gasteiger partial charge in [0.05, 0.1) is 6.42 Å². The van der Waals surface area contributed by atoms with Crippen LogP contribution >= 0.6 is 11.3 Å². The maximum atomic E-state index is 11.7. The smallest absolute Gasteiger partial charge is 0.230 e. The molecule has 152 valence electrons. The number of anilines is 1. The Kier molecular flexibility index (Phi) is 10.4. The summed E-state index contributed by atoms with van der Waals surface area (Å²) in [6, 6.07) is 7.97. The minimum Gasteiger partial charge on any atom is -0.302 e. The van der Waals surface area contributed by atoms with Crippen molar-refractivity contribution in [1.82, 2.24) is 4.98 Å². The summed E-state index contributed by atoms with van der Waals surface area (Å²) in [6.45, 7) is 14.6.